The average Bonchev–Trinajstić information content (AvgIpc) is 3.24. The number of ether oxygens (including phenoxy) is 2. The summed E-state index contributed by atoms with van der Waals surface area (Å²) in [5.41, 5.74) is 1.21. The Balaban J connectivity index is 1.37. The third-order valence-electron chi connectivity index (χ3n) is 4.49. The van der Waals surface area contributed by atoms with E-state index in [1.54, 1.807) is 30.7 Å². The van der Waals surface area contributed by atoms with Gasteiger partial charge in [0.2, 0.25) is 11.8 Å². The van der Waals surface area contributed by atoms with E-state index >= 15 is 0 Å². The molecule has 0 N–H and O–H groups in total. The fourth-order valence-corrected chi connectivity index (χ4v) is 3.85. The van der Waals surface area contributed by atoms with Crippen molar-refractivity contribution in [2.75, 3.05) is 25.1 Å². The lowest BCUT2D eigenvalue weighted by molar-refractivity contribution is 0.170. The van der Waals surface area contributed by atoms with E-state index in [4.69, 9.17) is 9.47 Å². The third-order valence-corrected chi connectivity index (χ3v) is 5.41. The van der Waals surface area contributed by atoms with Gasteiger partial charge in [0, 0.05) is 43.1 Å². The largest absolute Gasteiger partial charge is 0.490 e. The van der Waals surface area contributed by atoms with Crippen LogP contribution in [-0.2, 0) is 0 Å². The molecule has 1 saturated heterocycles. The molecule has 1 aliphatic rings. The van der Waals surface area contributed by atoms with Crippen molar-refractivity contribution in [2.24, 2.45) is 0 Å². The highest BCUT2D eigenvalue weighted by molar-refractivity contribution is 7.13. The maximum Gasteiger partial charge on any atom is 0.228 e. The average molecular weight is 367 g/mol. The number of anilines is 1. The Morgan fingerprint density at radius 1 is 1.12 bits per heavy atom. The molecule has 0 bridgehead atoms. The number of piperidine rings is 1. The Kier molecular flexibility index (Phi) is 5.02. The van der Waals surface area contributed by atoms with Gasteiger partial charge >= 0.3 is 0 Å². The van der Waals surface area contributed by atoms with Crippen LogP contribution in [0.4, 0.5) is 5.95 Å². The first kappa shape index (κ1) is 16.8. The van der Waals surface area contributed by atoms with E-state index in [0.29, 0.717) is 5.88 Å². The van der Waals surface area contributed by atoms with E-state index in [9.17, 15) is 0 Å². The van der Waals surface area contributed by atoms with Crippen molar-refractivity contribution in [3.8, 4) is 22.1 Å². The molecule has 0 aliphatic carbocycles. The van der Waals surface area contributed by atoms with Crippen molar-refractivity contribution in [3.05, 3.63) is 54.0 Å². The van der Waals surface area contributed by atoms with Gasteiger partial charge in [0.05, 0.1) is 7.11 Å². The third kappa shape index (κ3) is 3.80. The molecule has 0 spiro atoms. The predicted molar refractivity (Wildman–Crippen MR) is 104 cm³/mol. The lowest BCUT2D eigenvalue weighted by Crippen LogP contribution is -2.39. The second-order valence-electron chi connectivity index (χ2n) is 6.21. The summed E-state index contributed by atoms with van der Waals surface area (Å²) in [6.07, 6.45) is 3.85. The smallest absolute Gasteiger partial charge is 0.228 e. The van der Waals surface area contributed by atoms with Gasteiger partial charge < -0.3 is 14.4 Å². The van der Waals surface area contributed by atoms with Crippen LogP contribution in [0.15, 0.2) is 54.0 Å². The normalized spacial score (nSPS) is 15.0. The van der Waals surface area contributed by atoms with E-state index in [2.05, 4.69) is 50.6 Å². The van der Waals surface area contributed by atoms with Gasteiger partial charge in [-0.15, -0.1) is 11.3 Å². The summed E-state index contributed by atoms with van der Waals surface area (Å²) in [5, 5.41) is 2.10. The maximum absolute atomic E-state index is 6.24. The zero-order chi connectivity index (χ0) is 17.8. The summed E-state index contributed by atoms with van der Waals surface area (Å²) in [6.45, 7) is 1.75. The molecule has 0 saturated carbocycles. The Bertz CT molecular complexity index is 846. The van der Waals surface area contributed by atoms with Crippen LogP contribution in [0.2, 0.25) is 0 Å². The summed E-state index contributed by atoms with van der Waals surface area (Å²) < 4.78 is 11.4. The first-order chi connectivity index (χ1) is 12.8. The van der Waals surface area contributed by atoms with Gasteiger partial charge in [-0.2, -0.15) is 4.98 Å². The fourth-order valence-electron chi connectivity index (χ4n) is 3.13. The summed E-state index contributed by atoms with van der Waals surface area (Å²) in [6, 6.07) is 14.3. The number of hydrogen-bond donors (Lipinski definition) is 0. The van der Waals surface area contributed by atoms with Crippen LogP contribution in [0.5, 0.6) is 11.6 Å². The molecule has 0 atom stereocenters. The highest BCUT2D eigenvalue weighted by Crippen LogP contribution is 2.29. The molecule has 26 heavy (non-hydrogen) atoms. The SMILES string of the molecule is COc1ccnc(N2CCC(Oc3cccc(-c4cccs4)c3)CC2)n1. The highest BCUT2D eigenvalue weighted by atomic mass is 32.1. The molecular formula is C20H21N3O2S. The van der Waals surface area contributed by atoms with Crippen molar-refractivity contribution >= 4 is 17.3 Å². The molecule has 3 aromatic rings. The summed E-state index contributed by atoms with van der Waals surface area (Å²) >= 11 is 1.75. The minimum atomic E-state index is 0.218. The molecule has 3 heterocycles. The van der Waals surface area contributed by atoms with Crippen molar-refractivity contribution in [3.63, 3.8) is 0 Å². The molecule has 1 aliphatic heterocycles. The van der Waals surface area contributed by atoms with Crippen molar-refractivity contribution in [1.29, 1.82) is 0 Å². The van der Waals surface area contributed by atoms with E-state index in [1.165, 1.54) is 10.4 Å². The van der Waals surface area contributed by atoms with E-state index in [0.717, 1.165) is 37.6 Å². The van der Waals surface area contributed by atoms with Gasteiger partial charge in [0.25, 0.3) is 0 Å². The number of benzene rings is 1. The van der Waals surface area contributed by atoms with E-state index in [-0.39, 0.29) is 6.10 Å². The van der Waals surface area contributed by atoms with Crippen molar-refractivity contribution in [1.82, 2.24) is 9.97 Å². The Morgan fingerprint density at radius 2 is 2.00 bits per heavy atom. The Hall–Kier alpha value is -2.60. The number of rotatable bonds is 5. The standard InChI is InChI=1S/C20H21N3O2S/c1-24-19-7-10-21-20(22-19)23-11-8-16(9-12-23)25-17-5-2-4-15(14-17)18-6-3-13-26-18/h2-7,10,13-14,16H,8-9,11-12H2,1H3. The fraction of sp³-hybridized carbons (Fsp3) is 0.300. The number of thiophene rings is 1. The highest BCUT2D eigenvalue weighted by Gasteiger charge is 2.22. The van der Waals surface area contributed by atoms with Gasteiger partial charge in [-0.25, -0.2) is 4.98 Å². The van der Waals surface area contributed by atoms with E-state index < -0.39 is 0 Å². The first-order valence-electron chi connectivity index (χ1n) is 8.74. The molecule has 1 aromatic carbocycles. The zero-order valence-electron chi connectivity index (χ0n) is 14.7. The molecule has 134 valence electrons. The lowest BCUT2D eigenvalue weighted by atomic mass is 10.1. The van der Waals surface area contributed by atoms with Gasteiger partial charge in [0.15, 0.2) is 0 Å². The minimum Gasteiger partial charge on any atom is -0.490 e. The van der Waals surface area contributed by atoms with Crippen LogP contribution in [0.3, 0.4) is 0 Å². The summed E-state index contributed by atoms with van der Waals surface area (Å²) in [5.74, 6) is 2.26. The van der Waals surface area contributed by atoms with Gasteiger partial charge in [-0.1, -0.05) is 18.2 Å². The number of methoxy groups -OCH3 is 1. The Labute approximate surface area is 157 Å². The lowest BCUT2D eigenvalue weighted by Gasteiger charge is -2.32. The summed E-state index contributed by atoms with van der Waals surface area (Å²) in [4.78, 5) is 12.2. The summed E-state index contributed by atoms with van der Waals surface area (Å²) in [7, 11) is 1.62. The molecule has 0 amide bonds. The maximum atomic E-state index is 6.24. The predicted octanol–water partition coefficient (Wildman–Crippen LogP) is 4.26. The van der Waals surface area contributed by atoms with Crippen LogP contribution >= 0.6 is 11.3 Å². The zero-order valence-corrected chi connectivity index (χ0v) is 15.5. The van der Waals surface area contributed by atoms with Gasteiger partial charge in [0.1, 0.15) is 11.9 Å². The number of aromatic nitrogens is 2. The van der Waals surface area contributed by atoms with Crippen LogP contribution in [-0.4, -0.2) is 36.3 Å². The van der Waals surface area contributed by atoms with Crippen LogP contribution < -0.4 is 14.4 Å². The quantitative estimate of drug-likeness (QED) is 0.674. The molecule has 5 nitrogen and oxygen atoms in total. The van der Waals surface area contributed by atoms with Crippen molar-refractivity contribution in [2.45, 2.75) is 18.9 Å². The van der Waals surface area contributed by atoms with Crippen LogP contribution in [0.1, 0.15) is 12.8 Å². The van der Waals surface area contributed by atoms with Crippen LogP contribution in [0, 0.1) is 0 Å². The topological polar surface area (TPSA) is 47.5 Å². The monoisotopic (exact) mass is 367 g/mol. The molecule has 1 fully saturated rings. The first-order valence-corrected chi connectivity index (χ1v) is 9.62. The number of hydrogen-bond acceptors (Lipinski definition) is 6. The van der Waals surface area contributed by atoms with E-state index in [1.807, 2.05) is 6.07 Å². The number of nitrogens with zero attached hydrogens (tertiary/aromatic N) is 3. The molecule has 0 unspecified atom stereocenters. The molecule has 6 heteroatoms. The van der Waals surface area contributed by atoms with Crippen LogP contribution in [0.25, 0.3) is 10.4 Å². The second-order valence-corrected chi connectivity index (χ2v) is 7.16. The molecule has 2 aromatic heterocycles. The molecular weight excluding hydrogens is 346 g/mol. The van der Waals surface area contributed by atoms with Crippen molar-refractivity contribution < 1.29 is 9.47 Å². The molecule has 0 radical (unpaired) electrons. The minimum absolute atomic E-state index is 0.218. The Morgan fingerprint density at radius 3 is 2.77 bits per heavy atom. The van der Waals surface area contributed by atoms with Gasteiger partial charge in [-0.3, -0.25) is 0 Å². The van der Waals surface area contributed by atoms with Gasteiger partial charge in [-0.05, 0) is 29.1 Å². The molecule has 4 rings (SSSR count). The second kappa shape index (κ2) is 7.74.